The summed E-state index contributed by atoms with van der Waals surface area (Å²) in [6.45, 7) is 9.67. The van der Waals surface area contributed by atoms with Gasteiger partial charge in [0.25, 0.3) is 0 Å². The molecular weight excluding hydrogens is 314 g/mol. The van der Waals surface area contributed by atoms with Crippen molar-refractivity contribution >= 4 is 0 Å². The number of nitrogens with zero attached hydrogens (tertiary/aromatic N) is 1. The first-order valence-electron chi connectivity index (χ1n) is 8.92. The molecular formula is C21H27NO3. The molecule has 1 fully saturated rings. The standard InChI is InChI=1S/C21H27NO3/c1-15-18(6-5-11-22-15)19-8-7-17(25-21(2,3)4)14-20(19)24-16-9-12-23-13-10-16/h5-8,11,14,16H,9-10,12-13H2,1-4H3. The average Bonchev–Trinajstić information content (AvgIpc) is 2.56. The van der Waals surface area contributed by atoms with Crippen LogP contribution in [-0.4, -0.2) is 29.9 Å². The molecule has 1 aromatic carbocycles. The number of ether oxygens (including phenoxy) is 3. The summed E-state index contributed by atoms with van der Waals surface area (Å²) in [7, 11) is 0. The van der Waals surface area contributed by atoms with Crippen LogP contribution in [0.15, 0.2) is 36.5 Å². The summed E-state index contributed by atoms with van der Waals surface area (Å²) < 4.78 is 17.8. The summed E-state index contributed by atoms with van der Waals surface area (Å²) in [5.41, 5.74) is 2.89. The Hall–Kier alpha value is -2.07. The molecule has 3 rings (SSSR count). The van der Waals surface area contributed by atoms with Gasteiger partial charge >= 0.3 is 0 Å². The van der Waals surface area contributed by atoms with E-state index in [9.17, 15) is 0 Å². The van der Waals surface area contributed by atoms with Crippen LogP contribution in [0.1, 0.15) is 39.3 Å². The normalized spacial score (nSPS) is 15.8. The highest BCUT2D eigenvalue weighted by atomic mass is 16.5. The van der Waals surface area contributed by atoms with E-state index in [-0.39, 0.29) is 11.7 Å². The quantitative estimate of drug-likeness (QED) is 0.801. The van der Waals surface area contributed by atoms with E-state index in [1.54, 1.807) is 0 Å². The van der Waals surface area contributed by atoms with E-state index in [1.807, 2.05) is 52.1 Å². The van der Waals surface area contributed by atoms with E-state index in [2.05, 4.69) is 17.1 Å². The number of hydrogen-bond acceptors (Lipinski definition) is 4. The SMILES string of the molecule is Cc1ncccc1-c1ccc(OC(C)(C)C)cc1OC1CCOCC1. The van der Waals surface area contributed by atoms with Crippen molar-refractivity contribution in [2.45, 2.75) is 52.2 Å². The molecule has 134 valence electrons. The first-order chi connectivity index (χ1) is 11.9. The Kier molecular flexibility index (Phi) is 5.28. The number of rotatable bonds is 4. The summed E-state index contributed by atoms with van der Waals surface area (Å²) >= 11 is 0. The Morgan fingerprint density at radius 2 is 1.84 bits per heavy atom. The number of benzene rings is 1. The number of hydrogen-bond donors (Lipinski definition) is 0. The fraction of sp³-hybridized carbons (Fsp3) is 0.476. The van der Waals surface area contributed by atoms with Crippen LogP contribution in [0.5, 0.6) is 11.5 Å². The number of aryl methyl sites for hydroxylation is 1. The molecule has 2 heterocycles. The summed E-state index contributed by atoms with van der Waals surface area (Å²) in [5, 5.41) is 0. The van der Waals surface area contributed by atoms with E-state index >= 15 is 0 Å². The first-order valence-corrected chi connectivity index (χ1v) is 8.92. The van der Waals surface area contributed by atoms with Crippen molar-refractivity contribution in [3.05, 3.63) is 42.2 Å². The molecule has 1 aromatic heterocycles. The average molecular weight is 341 g/mol. The topological polar surface area (TPSA) is 40.6 Å². The molecule has 4 nitrogen and oxygen atoms in total. The molecule has 0 unspecified atom stereocenters. The maximum atomic E-state index is 6.36. The Bertz CT molecular complexity index is 715. The zero-order valence-corrected chi connectivity index (χ0v) is 15.5. The van der Waals surface area contributed by atoms with Crippen molar-refractivity contribution in [1.82, 2.24) is 4.98 Å². The molecule has 1 aliphatic heterocycles. The predicted octanol–water partition coefficient (Wildman–Crippen LogP) is 4.79. The molecule has 2 aromatic rings. The molecule has 0 atom stereocenters. The molecule has 1 aliphatic rings. The minimum Gasteiger partial charge on any atom is -0.489 e. The Morgan fingerprint density at radius 3 is 2.52 bits per heavy atom. The lowest BCUT2D eigenvalue weighted by atomic mass is 10.0. The van der Waals surface area contributed by atoms with Crippen LogP contribution in [0.25, 0.3) is 11.1 Å². The lowest BCUT2D eigenvalue weighted by Crippen LogP contribution is -2.26. The van der Waals surface area contributed by atoms with Crippen LogP contribution in [0.4, 0.5) is 0 Å². The van der Waals surface area contributed by atoms with E-state index in [4.69, 9.17) is 14.2 Å². The Morgan fingerprint density at radius 1 is 1.08 bits per heavy atom. The van der Waals surface area contributed by atoms with Gasteiger partial charge in [-0.05, 0) is 45.9 Å². The minimum atomic E-state index is -0.248. The van der Waals surface area contributed by atoms with Crippen molar-refractivity contribution in [2.75, 3.05) is 13.2 Å². The second-order valence-electron chi connectivity index (χ2n) is 7.44. The molecule has 25 heavy (non-hydrogen) atoms. The van der Waals surface area contributed by atoms with Crippen molar-refractivity contribution in [3.63, 3.8) is 0 Å². The van der Waals surface area contributed by atoms with Gasteiger partial charge in [-0.15, -0.1) is 0 Å². The van der Waals surface area contributed by atoms with Gasteiger partial charge in [0.05, 0.1) is 13.2 Å². The van der Waals surface area contributed by atoms with E-state index in [1.165, 1.54) is 0 Å². The summed E-state index contributed by atoms with van der Waals surface area (Å²) in [6.07, 6.45) is 3.81. The van der Waals surface area contributed by atoms with Gasteiger partial charge in [0.15, 0.2) is 0 Å². The maximum absolute atomic E-state index is 6.36. The van der Waals surface area contributed by atoms with Crippen LogP contribution >= 0.6 is 0 Å². The van der Waals surface area contributed by atoms with Crippen LogP contribution in [0.2, 0.25) is 0 Å². The fourth-order valence-electron chi connectivity index (χ4n) is 2.98. The predicted molar refractivity (Wildman–Crippen MR) is 99.3 cm³/mol. The minimum absolute atomic E-state index is 0.175. The highest BCUT2D eigenvalue weighted by molar-refractivity contribution is 5.73. The van der Waals surface area contributed by atoms with Crippen molar-refractivity contribution in [3.8, 4) is 22.6 Å². The number of pyridine rings is 1. The Balaban J connectivity index is 1.96. The van der Waals surface area contributed by atoms with Gasteiger partial charge in [-0.2, -0.15) is 0 Å². The van der Waals surface area contributed by atoms with Gasteiger partial charge in [-0.3, -0.25) is 4.98 Å². The summed E-state index contributed by atoms with van der Waals surface area (Å²) in [5.74, 6) is 1.67. The van der Waals surface area contributed by atoms with Crippen molar-refractivity contribution < 1.29 is 14.2 Å². The molecule has 0 amide bonds. The lowest BCUT2D eigenvalue weighted by Gasteiger charge is -2.26. The third kappa shape index (κ3) is 4.73. The zero-order chi connectivity index (χ0) is 17.9. The molecule has 0 saturated carbocycles. The van der Waals surface area contributed by atoms with Crippen LogP contribution < -0.4 is 9.47 Å². The van der Waals surface area contributed by atoms with E-state index < -0.39 is 0 Å². The molecule has 0 N–H and O–H groups in total. The molecule has 0 radical (unpaired) electrons. The van der Waals surface area contributed by atoms with E-state index in [0.717, 1.165) is 54.4 Å². The van der Waals surface area contributed by atoms with Crippen molar-refractivity contribution in [2.24, 2.45) is 0 Å². The molecule has 0 aliphatic carbocycles. The van der Waals surface area contributed by atoms with Crippen LogP contribution in [0.3, 0.4) is 0 Å². The highest BCUT2D eigenvalue weighted by Crippen LogP contribution is 2.36. The monoisotopic (exact) mass is 341 g/mol. The second kappa shape index (κ2) is 7.44. The molecule has 4 heteroatoms. The molecule has 0 bridgehead atoms. The largest absolute Gasteiger partial charge is 0.489 e. The highest BCUT2D eigenvalue weighted by Gasteiger charge is 2.20. The smallest absolute Gasteiger partial charge is 0.131 e. The lowest BCUT2D eigenvalue weighted by molar-refractivity contribution is 0.0256. The van der Waals surface area contributed by atoms with Gasteiger partial charge in [0.1, 0.15) is 23.2 Å². The maximum Gasteiger partial charge on any atom is 0.131 e. The Labute approximate surface area is 150 Å². The van der Waals surface area contributed by atoms with Gasteiger partial charge in [0, 0.05) is 41.9 Å². The van der Waals surface area contributed by atoms with Gasteiger partial charge in [0.2, 0.25) is 0 Å². The number of aromatic nitrogens is 1. The van der Waals surface area contributed by atoms with Crippen LogP contribution in [0, 0.1) is 6.92 Å². The van der Waals surface area contributed by atoms with Crippen molar-refractivity contribution in [1.29, 1.82) is 0 Å². The summed E-state index contributed by atoms with van der Waals surface area (Å²) in [4.78, 5) is 4.42. The zero-order valence-electron chi connectivity index (χ0n) is 15.5. The van der Waals surface area contributed by atoms with Gasteiger partial charge in [-0.25, -0.2) is 0 Å². The third-order valence-electron chi connectivity index (χ3n) is 4.14. The molecule has 0 spiro atoms. The second-order valence-corrected chi connectivity index (χ2v) is 7.44. The summed E-state index contributed by atoms with van der Waals surface area (Å²) in [6, 6.07) is 10.1. The van der Waals surface area contributed by atoms with Crippen LogP contribution in [-0.2, 0) is 4.74 Å². The van der Waals surface area contributed by atoms with Gasteiger partial charge in [-0.1, -0.05) is 6.07 Å². The van der Waals surface area contributed by atoms with Gasteiger partial charge < -0.3 is 14.2 Å². The van der Waals surface area contributed by atoms with E-state index in [0.29, 0.717) is 0 Å². The first kappa shape index (κ1) is 17.7. The third-order valence-corrected chi connectivity index (χ3v) is 4.14. The molecule has 1 saturated heterocycles. The fourth-order valence-corrected chi connectivity index (χ4v) is 2.98.